The van der Waals surface area contributed by atoms with Crippen LogP contribution in [-0.2, 0) is 27.3 Å². The normalized spacial score (nSPS) is 23.9. The fourth-order valence-corrected chi connectivity index (χ4v) is 5.85. The molecule has 0 heterocycles. The van der Waals surface area contributed by atoms with Gasteiger partial charge in [-0.25, -0.2) is 0 Å². The summed E-state index contributed by atoms with van der Waals surface area (Å²) < 4.78 is 0. The highest BCUT2D eigenvalue weighted by molar-refractivity contribution is 6.21. The van der Waals surface area contributed by atoms with Gasteiger partial charge in [-0.3, -0.25) is 14.4 Å². The third-order valence-electron chi connectivity index (χ3n) is 7.40. The first-order valence-corrected chi connectivity index (χ1v) is 12.2. The van der Waals surface area contributed by atoms with Gasteiger partial charge in [0.05, 0.1) is 11.5 Å². The molecule has 4 rings (SSSR count). The van der Waals surface area contributed by atoms with Gasteiger partial charge in [-0.15, -0.1) is 0 Å². The van der Waals surface area contributed by atoms with E-state index in [1.165, 1.54) is 0 Å². The molecule has 3 unspecified atom stereocenters. The molecule has 1 aromatic rings. The summed E-state index contributed by atoms with van der Waals surface area (Å²) in [5.74, 6) is -5.19. The summed E-state index contributed by atoms with van der Waals surface area (Å²) in [6.07, 6.45) is 0.696. The predicted molar refractivity (Wildman–Crippen MR) is 135 cm³/mol. The van der Waals surface area contributed by atoms with Crippen molar-refractivity contribution in [3.8, 4) is 5.75 Å². The molecule has 1 fully saturated rings. The Morgan fingerprint density at radius 3 is 2.42 bits per heavy atom. The van der Waals surface area contributed by atoms with Crippen molar-refractivity contribution in [3.05, 3.63) is 39.7 Å². The highest BCUT2D eigenvalue weighted by Gasteiger charge is 2.51. The third-order valence-corrected chi connectivity index (χ3v) is 7.40. The first-order valence-electron chi connectivity index (χ1n) is 12.2. The van der Waals surface area contributed by atoms with Crippen LogP contribution >= 0.6 is 0 Å². The van der Waals surface area contributed by atoms with Crippen LogP contribution in [-0.4, -0.2) is 53.4 Å². The lowest BCUT2D eigenvalue weighted by molar-refractivity contribution is -0.127. The molecular weight excluding hydrogens is 462 g/mol. The SMILES string of the molecule is CN(C)c1cc(CNCC(C)(C)C)c(O)c2c1CC1CC3CC(=O)C(C(N)=O)=C(O)C3C(=O)C1=C2O. The van der Waals surface area contributed by atoms with E-state index >= 15 is 0 Å². The van der Waals surface area contributed by atoms with Crippen molar-refractivity contribution < 1.29 is 29.7 Å². The number of phenols is 1. The molecule has 0 aromatic heterocycles. The lowest BCUT2D eigenvalue weighted by Crippen LogP contribution is -2.44. The van der Waals surface area contributed by atoms with Crippen LogP contribution in [0, 0.1) is 23.2 Å². The Labute approximate surface area is 210 Å². The van der Waals surface area contributed by atoms with E-state index in [1.807, 2.05) is 25.1 Å². The number of rotatable bonds is 5. The number of nitrogens with zero attached hydrogens (tertiary/aromatic N) is 1. The van der Waals surface area contributed by atoms with Crippen LogP contribution in [0.25, 0.3) is 5.76 Å². The first kappa shape index (κ1) is 25.8. The minimum absolute atomic E-state index is 0.0390. The van der Waals surface area contributed by atoms with Gasteiger partial charge < -0.3 is 31.3 Å². The molecule has 3 aliphatic carbocycles. The molecule has 6 N–H and O–H groups in total. The van der Waals surface area contributed by atoms with E-state index in [2.05, 4.69) is 26.1 Å². The van der Waals surface area contributed by atoms with Crippen LogP contribution in [0.15, 0.2) is 23.0 Å². The van der Waals surface area contributed by atoms with Gasteiger partial charge >= 0.3 is 0 Å². The van der Waals surface area contributed by atoms with Gasteiger partial charge in [-0.2, -0.15) is 0 Å². The van der Waals surface area contributed by atoms with Crippen molar-refractivity contribution in [1.29, 1.82) is 0 Å². The Kier molecular flexibility index (Phi) is 6.41. The number of ketones is 2. The molecular formula is C27H35N3O6. The maximum absolute atomic E-state index is 13.6. The van der Waals surface area contributed by atoms with Gasteiger partial charge in [0.15, 0.2) is 11.6 Å². The van der Waals surface area contributed by atoms with Crippen LogP contribution in [0.3, 0.4) is 0 Å². The second-order valence-electron chi connectivity index (χ2n) is 11.6. The summed E-state index contributed by atoms with van der Waals surface area (Å²) in [4.78, 5) is 39.8. The fourth-order valence-electron chi connectivity index (χ4n) is 5.85. The summed E-state index contributed by atoms with van der Waals surface area (Å²) in [5, 5.41) is 36.7. The van der Waals surface area contributed by atoms with Gasteiger partial charge in [0.25, 0.3) is 5.91 Å². The number of amides is 1. The van der Waals surface area contributed by atoms with Crippen molar-refractivity contribution in [1.82, 2.24) is 5.32 Å². The van der Waals surface area contributed by atoms with Crippen LogP contribution in [0.1, 0.15) is 50.3 Å². The number of primary amides is 1. The van der Waals surface area contributed by atoms with Crippen molar-refractivity contribution in [2.45, 2.75) is 46.6 Å². The number of aromatic hydroxyl groups is 1. The number of hydrogen-bond acceptors (Lipinski definition) is 8. The minimum atomic E-state index is -1.12. The average molecular weight is 498 g/mol. The van der Waals surface area contributed by atoms with Crippen LogP contribution in [0.5, 0.6) is 5.75 Å². The number of allylic oxidation sites excluding steroid dienone is 2. The molecule has 194 valence electrons. The zero-order chi connectivity index (χ0) is 26.7. The van der Waals surface area contributed by atoms with Gasteiger partial charge in [-0.1, -0.05) is 20.8 Å². The molecule has 9 heteroatoms. The molecule has 0 spiro atoms. The van der Waals surface area contributed by atoms with E-state index in [0.29, 0.717) is 31.5 Å². The molecule has 3 aliphatic rings. The molecule has 36 heavy (non-hydrogen) atoms. The monoisotopic (exact) mass is 497 g/mol. The number of Topliss-reactive ketones (excluding diaryl/α,β-unsaturated/α-hetero) is 2. The third kappa shape index (κ3) is 4.25. The zero-order valence-electron chi connectivity index (χ0n) is 21.4. The quantitative estimate of drug-likeness (QED) is 0.389. The number of hydrogen-bond donors (Lipinski definition) is 5. The summed E-state index contributed by atoms with van der Waals surface area (Å²) in [5.41, 5.74) is 7.28. The highest BCUT2D eigenvalue weighted by Crippen LogP contribution is 2.52. The molecule has 9 nitrogen and oxygen atoms in total. The Morgan fingerprint density at radius 2 is 1.83 bits per heavy atom. The maximum atomic E-state index is 13.6. The number of nitrogens with two attached hydrogens (primary N) is 1. The van der Waals surface area contributed by atoms with Gasteiger partial charge in [-0.05, 0) is 41.7 Å². The Morgan fingerprint density at radius 1 is 1.17 bits per heavy atom. The first-order chi connectivity index (χ1) is 16.7. The summed E-state index contributed by atoms with van der Waals surface area (Å²) in [7, 11) is 3.76. The molecule has 1 aromatic carbocycles. The van der Waals surface area contributed by atoms with Crippen molar-refractivity contribution in [3.63, 3.8) is 0 Å². The van der Waals surface area contributed by atoms with Crippen molar-refractivity contribution in [2.75, 3.05) is 25.5 Å². The van der Waals surface area contributed by atoms with E-state index in [0.717, 1.165) is 11.3 Å². The zero-order valence-corrected chi connectivity index (χ0v) is 21.4. The molecule has 1 saturated carbocycles. The molecule has 0 bridgehead atoms. The van der Waals surface area contributed by atoms with Crippen LogP contribution in [0.2, 0.25) is 0 Å². The highest BCUT2D eigenvalue weighted by atomic mass is 16.3. The van der Waals surface area contributed by atoms with Gasteiger partial charge in [0.1, 0.15) is 22.8 Å². The number of anilines is 1. The Balaban J connectivity index is 1.82. The lowest BCUT2D eigenvalue weighted by atomic mass is 9.61. The van der Waals surface area contributed by atoms with Crippen molar-refractivity contribution >= 4 is 28.9 Å². The van der Waals surface area contributed by atoms with E-state index in [-0.39, 0.29) is 40.4 Å². The number of carbonyl (C=O) groups is 3. The number of aliphatic hydroxyl groups excluding tert-OH is 2. The smallest absolute Gasteiger partial charge is 0.255 e. The molecule has 0 aliphatic heterocycles. The van der Waals surface area contributed by atoms with E-state index in [1.54, 1.807) is 0 Å². The standard InChI is InChI=1S/C27H35N3O6/c1-27(2,3)11-29-10-14-8-16(30(4)5)15-7-12-6-13-9-17(31)21(26(28)36)25(35)19(13)23(33)18(12)24(34)20(15)22(14)32/h8,12-13,19,29,32,34-35H,6-7,9-11H2,1-5H3,(H2,28,36). The van der Waals surface area contributed by atoms with E-state index in [4.69, 9.17) is 5.73 Å². The second kappa shape index (κ2) is 8.96. The fraction of sp³-hybridized carbons (Fsp3) is 0.519. The Bertz CT molecular complexity index is 1220. The van der Waals surface area contributed by atoms with Gasteiger partial charge in [0, 0.05) is 50.4 Å². The maximum Gasteiger partial charge on any atom is 0.255 e. The van der Waals surface area contributed by atoms with E-state index in [9.17, 15) is 29.7 Å². The number of carbonyl (C=O) groups excluding carboxylic acids is 3. The number of phenolic OH excluding ortho intramolecular Hbond substituents is 1. The van der Waals surface area contributed by atoms with Crippen molar-refractivity contribution in [2.24, 2.45) is 28.9 Å². The topological polar surface area (TPSA) is 153 Å². The molecule has 1 amide bonds. The Hall–Kier alpha value is -3.33. The summed E-state index contributed by atoms with van der Waals surface area (Å²) in [6.45, 7) is 7.38. The van der Waals surface area contributed by atoms with Crippen LogP contribution < -0.4 is 16.0 Å². The molecule has 0 radical (unpaired) electrons. The number of nitrogens with one attached hydrogen (secondary N) is 1. The summed E-state index contributed by atoms with van der Waals surface area (Å²) in [6, 6.07) is 1.90. The van der Waals surface area contributed by atoms with Crippen LogP contribution in [0.4, 0.5) is 5.69 Å². The second-order valence-corrected chi connectivity index (χ2v) is 11.6. The number of fused-ring (bicyclic) bond motifs is 3. The average Bonchev–Trinajstić information content (AvgIpc) is 2.73. The number of aliphatic hydroxyl groups is 2. The summed E-state index contributed by atoms with van der Waals surface area (Å²) >= 11 is 0. The predicted octanol–water partition coefficient (Wildman–Crippen LogP) is 2.51. The largest absolute Gasteiger partial charge is 0.511 e. The van der Waals surface area contributed by atoms with Gasteiger partial charge in [0.2, 0.25) is 0 Å². The van der Waals surface area contributed by atoms with E-state index < -0.39 is 40.6 Å². The minimum Gasteiger partial charge on any atom is -0.511 e. The molecule has 3 atom stereocenters. The lowest BCUT2D eigenvalue weighted by Gasteiger charge is -2.41. The molecule has 0 saturated heterocycles. The number of benzene rings is 1.